The number of benzene rings is 1. The van der Waals surface area contributed by atoms with Crippen molar-refractivity contribution in [3.63, 3.8) is 0 Å². The minimum absolute atomic E-state index is 0.00517. The van der Waals surface area contributed by atoms with Crippen LogP contribution in [0.25, 0.3) is 0 Å². The Morgan fingerprint density at radius 1 is 1.24 bits per heavy atom. The number of carboxylic acid groups (broad SMARTS) is 1. The Labute approximate surface area is 127 Å². The number of halogens is 1. The minimum atomic E-state index is -0.880. The number of hydrogen-bond acceptors (Lipinski definition) is 2. The molecule has 110 valence electrons. The maximum absolute atomic E-state index is 12.4. The van der Waals surface area contributed by atoms with Crippen molar-refractivity contribution >= 4 is 23.5 Å². The zero-order chi connectivity index (χ0) is 15.0. The number of carbonyl (C=O) groups excluding carboxylic acids is 1. The van der Waals surface area contributed by atoms with Crippen LogP contribution in [0, 0.1) is 23.7 Å². The molecule has 0 aromatic heterocycles. The Morgan fingerprint density at radius 3 is 2.62 bits per heavy atom. The summed E-state index contributed by atoms with van der Waals surface area (Å²) in [6.45, 7) is 0.364. The van der Waals surface area contributed by atoms with Crippen molar-refractivity contribution in [3.8, 4) is 0 Å². The van der Waals surface area contributed by atoms with Gasteiger partial charge in [0.25, 0.3) is 0 Å². The maximum Gasteiger partial charge on any atom is 0.307 e. The molecule has 21 heavy (non-hydrogen) atoms. The van der Waals surface area contributed by atoms with E-state index in [1.54, 1.807) is 12.1 Å². The van der Waals surface area contributed by atoms with Gasteiger partial charge >= 0.3 is 5.97 Å². The molecule has 1 aromatic rings. The van der Waals surface area contributed by atoms with Gasteiger partial charge in [-0.15, -0.1) is 0 Å². The number of carbonyl (C=O) groups is 2. The largest absolute Gasteiger partial charge is 0.481 e. The molecule has 0 spiro atoms. The summed E-state index contributed by atoms with van der Waals surface area (Å²) in [5, 5.41) is 12.8. The Balaban J connectivity index is 1.68. The molecule has 5 heteroatoms. The van der Waals surface area contributed by atoms with Crippen LogP contribution in [0.15, 0.2) is 36.4 Å². The van der Waals surface area contributed by atoms with Crippen LogP contribution in [0.1, 0.15) is 12.0 Å². The van der Waals surface area contributed by atoms with Crippen molar-refractivity contribution in [3.05, 3.63) is 47.0 Å². The Kier molecular flexibility index (Phi) is 3.72. The second kappa shape index (κ2) is 5.53. The van der Waals surface area contributed by atoms with E-state index >= 15 is 0 Å². The predicted molar refractivity (Wildman–Crippen MR) is 78.7 cm³/mol. The van der Waals surface area contributed by atoms with Crippen LogP contribution in [0.2, 0.25) is 5.02 Å². The van der Waals surface area contributed by atoms with Crippen LogP contribution >= 0.6 is 11.6 Å². The molecule has 0 unspecified atom stereocenters. The first kappa shape index (κ1) is 14.1. The molecular formula is C16H16ClNO3. The highest BCUT2D eigenvalue weighted by molar-refractivity contribution is 6.30. The lowest BCUT2D eigenvalue weighted by Gasteiger charge is -2.23. The van der Waals surface area contributed by atoms with Crippen molar-refractivity contribution in [1.82, 2.24) is 5.32 Å². The highest BCUT2D eigenvalue weighted by Gasteiger charge is 2.51. The standard InChI is InChI=1S/C16H16ClNO3/c17-12-3-1-2-9(6-12)8-18-15(19)13-10-4-5-11(7-10)14(13)16(20)21/h1-6,10-11,13-14H,7-8H2,(H,18,19)(H,20,21)/t10-,11+,13-,14-/m0/s1. The summed E-state index contributed by atoms with van der Waals surface area (Å²) in [6, 6.07) is 7.26. The van der Waals surface area contributed by atoms with Crippen molar-refractivity contribution < 1.29 is 14.7 Å². The molecule has 0 radical (unpaired) electrons. The molecule has 0 saturated heterocycles. The van der Waals surface area contributed by atoms with E-state index in [9.17, 15) is 14.7 Å². The van der Waals surface area contributed by atoms with Crippen LogP contribution in [-0.2, 0) is 16.1 Å². The van der Waals surface area contributed by atoms with Gasteiger partial charge in [-0.05, 0) is 36.0 Å². The van der Waals surface area contributed by atoms with Gasteiger partial charge in [-0.2, -0.15) is 0 Å². The molecule has 0 aliphatic heterocycles. The predicted octanol–water partition coefficient (Wildman–Crippen LogP) is 2.48. The van der Waals surface area contributed by atoms with E-state index in [0.717, 1.165) is 12.0 Å². The molecule has 2 N–H and O–H groups in total. The number of allylic oxidation sites excluding steroid dienone is 2. The van der Waals surface area contributed by atoms with Gasteiger partial charge in [0.15, 0.2) is 0 Å². The first-order valence-electron chi connectivity index (χ1n) is 6.99. The van der Waals surface area contributed by atoms with Crippen molar-refractivity contribution in [2.24, 2.45) is 23.7 Å². The molecule has 2 bridgehead atoms. The van der Waals surface area contributed by atoms with Gasteiger partial charge in [0.05, 0.1) is 11.8 Å². The summed E-state index contributed by atoms with van der Waals surface area (Å²) in [7, 11) is 0. The van der Waals surface area contributed by atoms with Gasteiger partial charge in [-0.3, -0.25) is 9.59 Å². The number of fused-ring (bicyclic) bond motifs is 2. The van der Waals surface area contributed by atoms with E-state index in [1.807, 2.05) is 24.3 Å². The van der Waals surface area contributed by atoms with E-state index in [1.165, 1.54) is 0 Å². The van der Waals surface area contributed by atoms with Gasteiger partial charge in [0.2, 0.25) is 5.91 Å². The SMILES string of the molecule is O=C(O)[C@@H]1[C@@H](C(=O)NCc2cccc(Cl)c2)[C@H]2C=C[C@@H]1C2. The minimum Gasteiger partial charge on any atom is -0.481 e. The van der Waals surface area contributed by atoms with Crippen LogP contribution in [0.3, 0.4) is 0 Å². The van der Waals surface area contributed by atoms with Crippen LogP contribution < -0.4 is 5.32 Å². The third kappa shape index (κ3) is 2.68. The topological polar surface area (TPSA) is 66.4 Å². The maximum atomic E-state index is 12.4. The molecule has 4 atom stereocenters. The van der Waals surface area contributed by atoms with Gasteiger partial charge in [0, 0.05) is 11.6 Å². The normalized spacial score (nSPS) is 29.6. The number of hydrogen-bond donors (Lipinski definition) is 2. The summed E-state index contributed by atoms with van der Waals surface area (Å²) in [5.74, 6) is -2.07. The van der Waals surface area contributed by atoms with Crippen molar-refractivity contribution in [1.29, 1.82) is 0 Å². The van der Waals surface area contributed by atoms with E-state index in [2.05, 4.69) is 5.32 Å². The van der Waals surface area contributed by atoms with E-state index in [4.69, 9.17) is 11.6 Å². The number of rotatable bonds is 4. The molecule has 1 saturated carbocycles. The van der Waals surface area contributed by atoms with E-state index in [0.29, 0.717) is 11.6 Å². The van der Waals surface area contributed by atoms with E-state index in [-0.39, 0.29) is 17.7 Å². The Morgan fingerprint density at radius 2 is 1.95 bits per heavy atom. The lowest BCUT2D eigenvalue weighted by molar-refractivity contribution is -0.147. The van der Waals surface area contributed by atoms with Crippen LogP contribution in [-0.4, -0.2) is 17.0 Å². The van der Waals surface area contributed by atoms with Gasteiger partial charge in [0.1, 0.15) is 0 Å². The Hall–Kier alpha value is -1.81. The second-order valence-electron chi connectivity index (χ2n) is 5.69. The molecule has 2 aliphatic rings. The fourth-order valence-electron chi connectivity index (χ4n) is 3.47. The number of carboxylic acids is 1. The second-order valence-corrected chi connectivity index (χ2v) is 6.12. The van der Waals surface area contributed by atoms with Crippen LogP contribution in [0.5, 0.6) is 0 Å². The molecular weight excluding hydrogens is 290 g/mol. The summed E-state index contributed by atoms with van der Waals surface area (Å²) in [4.78, 5) is 23.8. The number of nitrogens with one attached hydrogen (secondary N) is 1. The van der Waals surface area contributed by atoms with Crippen molar-refractivity contribution in [2.45, 2.75) is 13.0 Å². The molecule has 1 amide bonds. The third-order valence-corrected chi connectivity index (χ3v) is 4.64. The average molecular weight is 306 g/mol. The summed E-state index contributed by atoms with van der Waals surface area (Å²) >= 11 is 5.90. The monoisotopic (exact) mass is 305 g/mol. The molecule has 3 rings (SSSR count). The van der Waals surface area contributed by atoms with Gasteiger partial charge in [-0.25, -0.2) is 0 Å². The molecule has 1 fully saturated rings. The zero-order valence-corrected chi connectivity index (χ0v) is 12.1. The molecule has 4 nitrogen and oxygen atoms in total. The number of aliphatic carboxylic acids is 1. The van der Waals surface area contributed by atoms with E-state index < -0.39 is 17.8 Å². The van der Waals surface area contributed by atoms with Gasteiger partial charge < -0.3 is 10.4 Å². The smallest absolute Gasteiger partial charge is 0.307 e. The lowest BCUT2D eigenvalue weighted by Crippen LogP contribution is -2.39. The van der Waals surface area contributed by atoms with Crippen LogP contribution in [0.4, 0.5) is 0 Å². The summed E-state index contributed by atoms with van der Waals surface area (Å²) < 4.78 is 0. The molecule has 2 aliphatic carbocycles. The average Bonchev–Trinajstić information content (AvgIpc) is 3.05. The van der Waals surface area contributed by atoms with Crippen molar-refractivity contribution in [2.75, 3.05) is 0 Å². The summed E-state index contributed by atoms with van der Waals surface area (Å²) in [5.41, 5.74) is 0.904. The zero-order valence-electron chi connectivity index (χ0n) is 11.3. The lowest BCUT2D eigenvalue weighted by atomic mass is 9.82. The third-order valence-electron chi connectivity index (χ3n) is 4.40. The highest BCUT2D eigenvalue weighted by Crippen LogP contribution is 2.48. The fourth-order valence-corrected chi connectivity index (χ4v) is 3.68. The fraction of sp³-hybridized carbons (Fsp3) is 0.375. The first-order valence-corrected chi connectivity index (χ1v) is 7.37. The first-order chi connectivity index (χ1) is 10.1. The Bertz CT molecular complexity index is 613. The molecule has 1 aromatic carbocycles. The summed E-state index contributed by atoms with van der Waals surface area (Å²) in [6.07, 6.45) is 4.68. The highest BCUT2D eigenvalue weighted by atomic mass is 35.5. The van der Waals surface area contributed by atoms with Gasteiger partial charge in [-0.1, -0.05) is 35.9 Å². The quantitative estimate of drug-likeness (QED) is 0.840. The molecule has 0 heterocycles. The number of amides is 1.